The lowest BCUT2D eigenvalue weighted by Crippen LogP contribution is -2.34. The lowest BCUT2D eigenvalue weighted by molar-refractivity contribution is 0.496. The second-order valence-corrected chi connectivity index (χ2v) is 5.99. The first-order valence-corrected chi connectivity index (χ1v) is 7.68. The molecule has 1 unspecified atom stereocenters. The molecule has 0 fully saturated rings. The fraction of sp³-hybridized carbons (Fsp3) is 0.231. The van der Waals surface area contributed by atoms with E-state index < -0.39 is 10.0 Å². The number of aromatic nitrogens is 3. The maximum atomic E-state index is 11.9. The summed E-state index contributed by atoms with van der Waals surface area (Å²) in [7, 11) is -3.47. The van der Waals surface area contributed by atoms with Crippen molar-refractivity contribution in [3.05, 3.63) is 54.0 Å². The minimum absolute atomic E-state index is 0.276. The molecule has 106 valence electrons. The van der Waals surface area contributed by atoms with Crippen molar-refractivity contribution in [2.75, 3.05) is 0 Å². The van der Waals surface area contributed by atoms with Crippen molar-refractivity contribution in [1.82, 2.24) is 19.5 Å². The normalized spacial score (nSPS) is 13.7. The van der Waals surface area contributed by atoms with Crippen LogP contribution in [-0.4, -0.2) is 29.2 Å². The summed E-state index contributed by atoms with van der Waals surface area (Å²) in [5, 5.41) is 5.10. The van der Waals surface area contributed by atoms with E-state index in [2.05, 4.69) is 14.8 Å². The SMILES string of the molecule is CC(Cn1cncn1)NS(=O)(=O)/C=C/c1ccccc1. The number of nitrogens with one attached hydrogen (secondary N) is 1. The van der Waals surface area contributed by atoms with Crippen molar-refractivity contribution >= 4 is 16.1 Å². The smallest absolute Gasteiger partial charge is 0.234 e. The van der Waals surface area contributed by atoms with Gasteiger partial charge >= 0.3 is 0 Å². The Hall–Kier alpha value is -1.99. The third-order valence-corrected chi connectivity index (χ3v) is 3.76. The minimum Gasteiger partial charge on any atom is -0.251 e. The molecule has 0 aliphatic rings. The van der Waals surface area contributed by atoms with E-state index in [1.54, 1.807) is 24.0 Å². The average molecular weight is 292 g/mol. The Bertz CT molecular complexity index is 651. The molecule has 2 aromatic rings. The van der Waals surface area contributed by atoms with Crippen LogP contribution in [0.5, 0.6) is 0 Å². The van der Waals surface area contributed by atoms with E-state index in [1.165, 1.54) is 11.7 Å². The molecule has 1 aromatic heterocycles. The minimum atomic E-state index is -3.47. The van der Waals surface area contributed by atoms with E-state index in [1.807, 2.05) is 30.3 Å². The fourth-order valence-corrected chi connectivity index (χ4v) is 2.75. The summed E-state index contributed by atoms with van der Waals surface area (Å²) >= 11 is 0. The molecular formula is C13H16N4O2S. The highest BCUT2D eigenvalue weighted by Gasteiger charge is 2.11. The topological polar surface area (TPSA) is 76.9 Å². The number of sulfonamides is 1. The molecule has 0 spiro atoms. The quantitative estimate of drug-likeness (QED) is 0.869. The first-order valence-electron chi connectivity index (χ1n) is 6.13. The van der Waals surface area contributed by atoms with E-state index in [0.717, 1.165) is 5.56 Å². The molecule has 1 heterocycles. The van der Waals surface area contributed by atoms with E-state index in [0.29, 0.717) is 6.54 Å². The fourth-order valence-electron chi connectivity index (χ4n) is 1.70. The van der Waals surface area contributed by atoms with Gasteiger partial charge in [-0.15, -0.1) is 0 Å². The summed E-state index contributed by atoms with van der Waals surface area (Å²) in [6.07, 6.45) is 4.52. The van der Waals surface area contributed by atoms with Crippen LogP contribution in [-0.2, 0) is 16.6 Å². The van der Waals surface area contributed by atoms with E-state index >= 15 is 0 Å². The summed E-state index contributed by atoms with van der Waals surface area (Å²) in [5.41, 5.74) is 0.835. The van der Waals surface area contributed by atoms with Gasteiger partial charge in [0, 0.05) is 11.4 Å². The molecule has 0 amide bonds. The van der Waals surface area contributed by atoms with Crippen molar-refractivity contribution in [3.8, 4) is 0 Å². The molecule has 0 radical (unpaired) electrons. The summed E-state index contributed by atoms with van der Waals surface area (Å²) in [4.78, 5) is 3.81. The van der Waals surface area contributed by atoms with Crippen molar-refractivity contribution in [3.63, 3.8) is 0 Å². The zero-order valence-corrected chi connectivity index (χ0v) is 11.9. The third kappa shape index (κ3) is 4.60. The van der Waals surface area contributed by atoms with Gasteiger partial charge in [-0.05, 0) is 18.6 Å². The van der Waals surface area contributed by atoms with Gasteiger partial charge in [-0.2, -0.15) is 5.10 Å². The van der Waals surface area contributed by atoms with Gasteiger partial charge in [0.25, 0.3) is 0 Å². The number of hydrogen-bond donors (Lipinski definition) is 1. The van der Waals surface area contributed by atoms with Gasteiger partial charge < -0.3 is 0 Å². The Labute approximate surface area is 118 Å². The van der Waals surface area contributed by atoms with Gasteiger partial charge in [0.05, 0.1) is 6.54 Å². The molecule has 2 rings (SSSR count). The summed E-state index contributed by atoms with van der Waals surface area (Å²) in [5.74, 6) is 0. The number of rotatable bonds is 6. The molecule has 0 aliphatic heterocycles. The zero-order valence-electron chi connectivity index (χ0n) is 11.0. The van der Waals surface area contributed by atoms with Gasteiger partial charge in [-0.3, -0.25) is 4.68 Å². The zero-order chi connectivity index (χ0) is 14.4. The maximum absolute atomic E-state index is 11.9. The third-order valence-electron chi connectivity index (χ3n) is 2.53. The molecule has 1 aromatic carbocycles. The average Bonchev–Trinajstić information content (AvgIpc) is 2.90. The van der Waals surface area contributed by atoms with E-state index in [4.69, 9.17) is 0 Å². The lowest BCUT2D eigenvalue weighted by atomic mass is 10.2. The Balaban J connectivity index is 1.95. The molecule has 1 atom stereocenters. The highest BCUT2D eigenvalue weighted by molar-refractivity contribution is 7.92. The molecule has 7 heteroatoms. The predicted molar refractivity (Wildman–Crippen MR) is 77.0 cm³/mol. The molecule has 0 bridgehead atoms. The highest BCUT2D eigenvalue weighted by atomic mass is 32.2. The van der Waals surface area contributed by atoms with E-state index in [-0.39, 0.29) is 6.04 Å². The van der Waals surface area contributed by atoms with Crippen LogP contribution in [0.1, 0.15) is 12.5 Å². The van der Waals surface area contributed by atoms with Crippen LogP contribution in [0.4, 0.5) is 0 Å². The summed E-state index contributed by atoms with van der Waals surface area (Å²) in [6.45, 7) is 2.20. The Morgan fingerprint density at radius 1 is 1.35 bits per heavy atom. The Morgan fingerprint density at radius 2 is 2.10 bits per heavy atom. The van der Waals surface area contributed by atoms with Gasteiger partial charge in [-0.25, -0.2) is 18.1 Å². The van der Waals surface area contributed by atoms with Crippen LogP contribution in [0.2, 0.25) is 0 Å². The van der Waals surface area contributed by atoms with Crippen LogP contribution in [0.15, 0.2) is 48.4 Å². The van der Waals surface area contributed by atoms with Crippen LogP contribution < -0.4 is 4.72 Å². The molecule has 1 N–H and O–H groups in total. The molecule has 0 aliphatic carbocycles. The van der Waals surface area contributed by atoms with Gasteiger partial charge in [0.1, 0.15) is 12.7 Å². The van der Waals surface area contributed by atoms with Crippen LogP contribution in [0.25, 0.3) is 6.08 Å². The lowest BCUT2D eigenvalue weighted by Gasteiger charge is -2.11. The monoisotopic (exact) mass is 292 g/mol. The summed E-state index contributed by atoms with van der Waals surface area (Å²) in [6, 6.07) is 8.99. The van der Waals surface area contributed by atoms with Gasteiger partial charge in [0.2, 0.25) is 10.0 Å². The molecule has 20 heavy (non-hydrogen) atoms. The first kappa shape index (κ1) is 14.4. The van der Waals surface area contributed by atoms with E-state index in [9.17, 15) is 8.42 Å². The molecular weight excluding hydrogens is 276 g/mol. The standard InChI is InChI=1S/C13H16N4O2S/c1-12(9-17-11-14-10-15-17)16-20(18,19)8-7-13-5-3-2-4-6-13/h2-8,10-12,16H,9H2,1H3/b8-7+. The first-order chi connectivity index (χ1) is 9.55. The Kier molecular flexibility index (Phi) is 4.65. The second kappa shape index (κ2) is 6.44. The van der Waals surface area contributed by atoms with Crippen molar-refractivity contribution in [1.29, 1.82) is 0 Å². The van der Waals surface area contributed by atoms with Crippen LogP contribution in [0.3, 0.4) is 0 Å². The molecule has 6 nitrogen and oxygen atoms in total. The Morgan fingerprint density at radius 3 is 2.75 bits per heavy atom. The second-order valence-electron chi connectivity index (χ2n) is 4.39. The predicted octanol–water partition coefficient (Wildman–Crippen LogP) is 1.26. The van der Waals surface area contributed by atoms with Gasteiger partial charge in [-0.1, -0.05) is 30.3 Å². The van der Waals surface area contributed by atoms with Crippen LogP contribution in [0, 0.1) is 0 Å². The van der Waals surface area contributed by atoms with Crippen LogP contribution >= 0.6 is 0 Å². The van der Waals surface area contributed by atoms with Crippen molar-refractivity contribution in [2.45, 2.75) is 19.5 Å². The van der Waals surface area contributed by atoms with Crippen molar-refractivity contribution in [2.24, 2.45) is 0 Å². The van der Waals surface area contributed by atoms with Crippen molar-refractivity contribution < 1.29 is 8.42 Å². The number of benzene rings is 1. The number of nitrogens with zero attached hydrogens (tertiary/aromatic N) is 3. The summed E-state index contributed by atoms with van der Waals surface area (Å²) < 4.78 is 27.9. The van der Waals surface area contributed by atoms with Gasteiger partial charge in [0.15, 0.2) is 0 Å². The number of hydrogen-bond acceptors (Lipinski definition) is 4. The molecule has 0 saturated heterocycles. The highest BCUT2D eigenvalue weighted by Crippen LogP contribution is 2.03. The largest absolute Gasteiger partial charge is 0.251 e. The maximum Gasteiger partial charge on any atom is 0.234 e. The molecule has 0 saturated carbocycles.